The van der Waals surface area contributed by atoms with Crippen LogP contribution in [-0.2, 0) is 9.84 Å². The van der Waals surface area contributed by atoms with E-state index in [0.717, 1.165) is 17.5 Å². The predicted octanol–water partition coefficient (Wildman–Crippen LogP) is 1.89. The lowest BCUT2D eigenvalue weighted by Crippen LogP contribution is -2.29. The lowest BCUT2D eigenvalue weighted by atomic mass is 10.1. The normalized spacial score (nSPS) is 11.3. The fraction of sp³-hybridized carbons (Fsp3) is 0.286. The Balaban J connectivity index is 2.08. The van der Waals surface area contributed by atoms with E-state index in [4.69, 9.17) is 0 Å². The Hall–Kier alpha value is -1.73. The predicted molar refractivity (Wildman–Crippen MR) is 84.3 cm³/mol. The smallest absolute Gasteiger partial charge is 0.253 e. The van der Waals surface area contributed by atoms with Gasteiger partial charge in [-0.1, -0.05) is 0 Å². The summed E-state index contributed by atoms with van der Waals surface area (Å²) in [5.41, 5.74) is 2.92. The molecule has 0 saturated heterocycles. The lowest BCUT2D eigenvalue weighted by molar-refractivity contribution is 0.0955. The zero-order valence-electron chi connectivity index (χ0n) is 11.8. The molecule has 0 atom stereocenters. The van der Waals surface area contributed by atoms with Gasteiger partial charge in [0.2, 0.25) is 0 Å². The third kappa shape index (κ3) is 4.37. The second-order valence-electron chi connectivity index (χ2n) is 4.73. The summed E-state index contributed by atoms with van der Waals surface area (Å²) in [6.45, 7) is 1.87. The van der Waals surface area contributed by atoms with Gasteiger partial charge in [0, 0.05) is 23.7 Å². The Bertz CT molecular complexity index is 738. The molecule has 1 N–H and O–H groups in total. The number of pyridine rings is 1. The van der Waals surface area contributed by atoms with Crippen LogP contribution in [0.25, 0.3) is 11.3 Å². The first kappa shape index (κ1) is 15.7. The summed E-state index contributed by atoms with van der Waals surface area (Å²) in [5, 5.41) is 6.56. The Kier molecular flexibility index (Phi) is 4.74. The van der Waals surface area contributed by atoms with Crippen LogP contribution in [0, 0.1) is 6.92 Å². The molecule has 0 saturated carbocycles. The quantitative estimate of drug-likeness (QED) is 0.911. The lowest BCUT2D eigenvalue weighted by Gasteiger charge is -2.08. The van der Waals surface area contributed by atoms with Crippen LogP contribution in [0.15, 0.2) is 29.0 Å². The highest BCUT2D eigenvalue weighted by Crippen LogP contribution is 2.21. The fourth-order valence-corrected chi connectivity index (χ4v) is 2.94. The van der Waals surface area contributed by atoms with Crippen molar-refractivity contribution in [1.82, 2.24) is 10.3 Å². The first-order valence-corrected chi connectivity index (χ1v) is 9.33. The molecule has 21 heavy (non-hydrogen) atoms. The van der Waals surface area contributed by atoms with E-state index < -0.39 is 9.84 Å². The molecular formula is C14H16N2O3S2. The number of aryl methyl sites for hydroxylation is 1. The van der Waals surface area contributed by atoms with Crippen LogP contribution in [0.5, 0.6) is 0 Å². The van der Waals surface area contributed by atoms with Gasteiger partial charge in [0.25, 0.3) is 5.91 Å². The average Bonchev–Trinajstić information content (AvgIpc) is 2.90. The van der Waals surface area contributed by atoms with Crippen molar-refractivity contribution in [3.8, 4) is 11.3 Å². The van der Waals surface area contributed by atoms with E-state index in [1.165, 1.54) is 0 Å². The minimum Gasteiger partial charge on any atom is -0.351 e. The molecule has 5 nitrogen and oxygen atoms in total. The second kappa shape index (κ2) is 6.36. The SMILES string of the molecule is Cc1nc(-c2ccsc2)ccc1C(=O)NCCS(C)(=O)=O. The molecule has 0 bridgehead atoms. The molecule has 0 radical (unpaired) electrons. The summed E-state index contributed by atoms with van der Waals surface area (Å²) in [6.07, 6.45) is 1.14. The van der Waals surface area contributed by atoms with Crippen LogP contribution in [-0.4, -0.2) is 37.9 Å². The van der Waals surface area contributed by atoms with Crippen molar-refractivity contribution >= 4 is 27.1 Å². The standard InChI is InChI=1S/C14H16N2O3S2/c1-10-12(14(17)15-6-8-21(2,18)19)3-4-13(16-10)11-5-7-20-9-11/h3-5,7,9H,6,8H2,1-2H3,(H,15,17). The summed E-state index contributed by atoms with van der Waals surface area (Å²) in [4.78, 5) is 16.4. The van der Waals surface area contributed by atoms with Crippen molar-refractivity contribution in [2.24, 2.45) is 0 Å². The first-order valence-electron chi connectivity index (χ1n) is 6.33. The molecule has 1 amide bonds. The van der Waals surface area contributed by atoms with Crippen LogP contribution < -0.4 is 5.32 Å². The second-order valence-corrected chi connectivity index (χ2v) is 7.77. The number of hydrogen-bond donors (Lipinski definition) is 1. The Morgan fingerprint density at radius 1 is 1.33 bits per heavy atom. The molecule has 2 aromatic heterocycles. The molecule has 2 heterocycles. The molecule has 0 spiro atoms. The number of thiophene rings is 1. The van der Waals surface area contributed by atoms with Gasteiger partial charge in [0.15, 0.2) is 0 Å². The zero-order chi connectivity index (χ0) is 15.5. The highest BCUT2D eigenvalue weighted by molar-refractivity contribution is 7.90. The number of nitrogens with one attached hydrogen (secondary N) is 1. The van der Waals surface area contributed by atoms with Gasteiger partial charge in [0.1, 0.15) is 9.84 Å². The molecule has 0 aliphatic heterocycles. The molecule has 0 aliphatic carbocycles. The number of hydrogen-bond acceptors (Lipinski definition) is 5. The van der Waals surface area contributed by atoms with E-state index in [1.54, 1.807) is 30.4 Å². The molecule has 2 aromatic rings. The molecule has 0 aromatic carbocycles. The Morgan fingerprint density at radius 3 is 2.67 bits per heavy atom. The van der Waals surface area contributed by atoms with Crippen molar-refractivity contribution in [3.05, 3.63) is 40.2 Å². The van der Waals surface area contributed by atoms with Crippen LogP contribution in [0.3, 0.4) is 0 Å². The topological polar surface area (TPSA) is 76.1 Å². The number of rotatable bonds is 5. The Morgan fingerprint density at radius 2 is 2.10 bits per heavy atom. The third-order valence-electron chi connectivity index (χ3n) is 2.91. The average molecular weight is 324 g/mol. The van der Waals surface area contributed by atoms with Gasteiger partial charge in [-0.05, 0) is 30.5 Å². The highest BCUT2D eigenvalue weighted by atomic mass is 32.2. The van der Waals surface area contributed by atoms with Crippen molar-refractivity contribution < 1.29 is 13.2 Å². The van der Waals surface area contributed by atoms with Gasteiger partial charge in [-0.3, -0.25) is 9.78 Å². The molecule has 112 valence electrons. The van der Waals surface area contributed by atoms with Gasteiger partial charge in [0.05, 0.1) is 22.7 Å². The number of amides is 1. The summed E-state index contributed by atoms with van der Waals surface area (Å²) in [5.74, 6) is -0.376. The molecule has 2 rings (SSSR count). The van der Waals surface area contributed by atoms with Crippen molar-refractivity contribution in [2.75, 3.05) is 18.6 Å². The largest absolute Gasteiger partial charge is 0.351 e. The van der Waals surface area contributed by atoms with E-state index >= 15 is 0 Å². The monoisotopic (exact) mass is 324 g/mol. The van der Waals surface area contributed by atoms with Gasteiger partial charge in [-0.25, -0.2) is 8.42 Å². The van der Waals surface area contributed by atoms with Crippen molar-refractivity contribution in [3.63, 3.8) is 0 Å². The van der Waals surface area contributed by atoms with Gasteiger partial charge in [-0.15, -0.1) is 0 Å². The summed E-state index contributed by atoms with van der Waals surface area (Å²) >= 11 is 1.59. The summed E-state index contributed by atoms with van der Waals surface area (Å²) < 4.78 is 22.1. The maximum atomic E-state index is 12.0. The maximum Gasteiger partial charge on any atom is 0.253 e. The van der Waals surface area contributed by atoms with Crippen LogP contribution in [0.4, 0.5) is 0 Å². The molecule has 7 heteroatoms. The zero-order valence-corrected chi connectivity index (χ0v) is 13.4. The van der Waals surface area contributed by atoms with Crippen LogP contribution in [0.1, 0.15) is 16.1 Å². The third-order valence-corrected chi connectivity index (χ3v) is 4.53. The molecular weight excluding hydrogens is 308 g/mol. The minimum atomic E-state index is -3.08. The van der Waals surface area contributed by atoms with E-state index in [0.29, 0.717) is 11.3 Å². The maximum absolute atomic E-state index is 12.0. The van der Waals surface area contributed by atoms with Gasteiger partial charge in [-0.2, -0.15) is 11.3 Å². The van der Waals surface area contributed by atoms with Crippen LogP contribution in [0.2, 0.25) is 0 Å². The fourth-order valence-electron chi connectivity index (χ4n) is 1.82. The van der Waals surface area contributed by atoms with E-state index in [2.05, 4.69) is 10.3 Å². The van der Waals surface area contributed by atoms with Gasteiger partial charge >= 0.3 is 0 Å². The number of nitrogens with zero attached hydrogens (tertiary/aromatic N) is 1. The Labute approximate surface area is 128 Å². The van der Waals surface area contributed by atoms with Crippen molar-refractivity contribution in [2.45, 2.75) is 6.92 Å². The number of carbonyl (C=O) groups is 1. The number of carbonyl (C=O) groups excluding carboxylic acids is 1. The first-order chi connectivity index (χ1) is 9.87. The van der Waals surface area contributed by atoms with E-state index in [9.17, 15) is 13.2 Å². The van der Waals surface area contributed by atoms with Crippen molar-refractivity contribution in [1.29, 1.82) is 0 Å². The van der Waals surface area contributed by atoms with Gasteiger partial charge < -0.3 is 5.32 Å². The minimum absolute atomic E-state index is 0.0712. The molecule has 0 fully saturated rings. The molecule has 0 unspecified atom stereocenters. The molecule has 0 aliphatic rings. The van der Waals surface area contributed by atoms with Crippen LogP contribution >= 0.6 is 11.3 Å². The number of aromatic nitrogens is 1. The summed E-state index contributed by atoms with van der Waals surface area (Å²) in [6, 6.07) is 5.48. The van der Waals surface area contributed by atoms with E-state index in [1.807, 2.05) is 16.8 Å². The van der Waals surface area contributed by atoms with E-state index in [-0.39, 0.29) is 18.2 Å². The highest BCUT2D eigenvalue weighted by Gasteiger charge is 2.12. The summed E-state index contributed by atoms with van der Waals surface area (Å²) in [7, 11) is -3.08. The number of sulfone groups is 1.